The van der Waals surface area contributed by atoms with Gasteiger partial charge < -0.3 is 5.32 Å². The van der Waals surface area contributed by atoms with Gasteiger partial charge in [0.2, 0.25) is 0 Å². The Morgan fingerprint density at radius 1 is 1.22 bits per heavy atom. The lowest BCUT2D eigenvalue weighted by molar-refractivity contribution is 0.585. The first-order valence-electron chi connectivity index (χ1n) is 5.06. The molecule has 0 aliphatic heterocycles. The fraction of sp³-hybridized carbons (Fsp3) is 0.0833. The van der Waals surface area contributed by atoms with Crippen LogP contribution in [0.1, 0.15) is 5.69 Å². The molecule has 0 saturated heterocycles. The quantitative estimate of drug-likeness (QED) is 0.883. The van der Waals surface area contributed by atoms with E-state index in [1.807, 2.05) is 6.07 Å². The SMILES string of the molecule is CNc1cc(C#N)nc(-c2ccc(F)cc2F)n1. The van der Waals surface area contributed by atoms with Crippen molar-refractivity contribution >= 4 is 5.82 Å². The summed E-state index contributed by atoms with van der Waals surface area (Å²) in [6.07, 6.45) is 0. The number of hydrogen-bond acceptors (Lipinski definition) is 4. The summed E-state index contributed by atoms with van der Waals surface area (Å²) < 4.78 is 26.4. The largest absolute Gasteiger partial charge is 0.373 e. The van der Waals surface area contributed by atoms with Crippen LogP contribution in [0.25, 0.3) is 11.4 Å². The van der Waals surface area contributed by atoms with Crippen molar-refractivity contribution in [1.29, 1.82) is 5.26 Å². The minimum absolute atomic E-state index is 0.0379. The molecule has 0 atom stereocenters. The first-order chi connectivity index (χ1) is 8.63. The highest BCUT2D eigenvalue weighted by molar-refractivity contribution is 5.59. The highest BCUT2D eigenvalue weighted by atomic mass is 19.1. The summed E-state index contributed by atoms with van der Waals surface area (Å²) in [6, 6.07) is 6.38. The van der Waals surface area contributed by atoms with Crippen LogP contribution in [0.5, 0.6) is 0 Å². The van der Waals surface area contributed by atoms with Crippen LogP contribution in [-0.2, 0) is 0 Å². The molecule has 0 aliphatic carbocycles. The summed E-state index contributed by atoms with van der Waals surface area (Å²) in [5, 5.41) is 11.6. The number of aromatic nitrogens is 2. The second kappa shape index (κ2) is 4.75. The molecule has 4 nitrogen and oxygen atoms in total. The van der Waals surface area contributed by atoms with Crippen molar-refractivity contribution in [3.63, 3.8) is 0 Å². The van der Waals surface area contributed by atoms with Gasteiger partial charge in [-0.05, 0) is 12.1 Å². The van der Waals surface area contributed by atoms with Gasteiger partial charge in [-0.1, -0.05) is 0 Å². The highest BCUT2D eigenvalue weighted by Crippen LogP contribution is 2.21. The van der Waals surface area contributed by atoms with E-state index >= 15 is 0 Å². The van der Waals surface area contributed by atoms with E-state index in [-0.39, 0.29) is 17.1 Å². The van der Waals surface area contributed by atoms with Crippen molar-refractivity contribution in [3.8, 4) is 17.5 Å². The molecule has 0 aliphatic rings. The van der Waals surface area contributed by atoms with Crippen LogP contribution in [-0.4, -0.2) is 17.0 Å². The predicted octanol–water partition coefficient (Wildman–Crippen LogP) is 2.34. The molecule has 90 valence electrons. The third-order valence-corrected chi connectivity index (χ3v) is 2.27. The Kier molecular flexibility index (Phi) is 3.15. The summed E-state index contributed by atoms with van der Waals surface area (Å²) in [6.45, 7) is 0. The fourth-order valence-electron chi connectivity index (χ4n) is 1.42. The molecule has 0 radical (unpaired) electrons. The third kappa shape index (κ3) is 2.25. The zero-order chi connectivity index (χ0) is 13.1. The smallest absolute Gasteiger partial charge is 0.165 e. The number of nitrogens with one attached hydrogen (secondary N) is 1. The molecule has 1 aromatic heterocycles. The molecular formula is C12H8F2N4. The van der Waals surface area contributed by atoms with Crippen molar-refractivity contribution in [2.45, 2.75) is 0 Å². The van der Waals surface area contributed by atoms with E-state index in [0.717, 1.165) is 12.1 Å². The van der Waals surface area contributed by atoms with Gasteiger partial charge in [-0.2, -0.15) is 5.26 Å². The van der Waals surface area contributed by atoms with Gasteiger partial charge in [0.05, 0.1) is 5.56 Å². The Labute approximate surface area is 102 Å². The van der Waals surface area contributed by atoms with E-state index in [1.54, 1.807) is 7.05 Å². The van der Waals surface area contributed by atoms with Crippen LogP contribution in [0.4, 0.5) is 14.6 Å². The number of nitriles is 1. The maximum absolute atomic E-state index is 13.6. The lowest BCUT2D eigenvalue weighted by Crippen LogP contribution is -2.00. The molecule has 18 heavy (non-hydrogen) atoms. The van der Waals surface area contributed by atoms with Gasteiger partial charge in [0.15, 0.2) is 5.82 Å². The maximum Gasteiger partial charge on any atom is 0.165 e. The molecule has 6 heteroatoms. The molecular weight excluding hydrogens is 238 g/mol. The van der Waals surface area contributed by atoms with Crippen LogP contribution in [0.2, 0.25) is 0 Å². The standard InChI is InChI=1S/C12H8F2N4/c1-16-11-5-8(6-15)17-12(18-11)9-3-2-7(13)4-10(9)14/h2-5H,1H3,(H,16,17,18). The molecule has 0 saturated carbocycles. The van der Waals surface area contributed by atoms with E-state index in [2.05, 4.69) is 15.3 Å². The second-order valence-electron chi connectivity index (χ2n) is 3.45. The summed E-state index contributed by atoms with van der Waals surface area (Å²) in [4.78, 5) is 7.91. The maximum atomic E-state index is 13.6. The zero-order valence-corrected chi connectivity index (χ0v) is 9.41. The lowest BCUT2D eigenvalue weighted by Gasteiger charge is -2.05. The number of nitrogens with zero attached hydrogens (tertiary/aromatic N) is 3. The molecule has 0 bridgehead atoms. The van der Waals surface area contributed by atoms with Crippen LogP contribution in [0, 0.1) is 23.0 Å². The molecule has 1 heterocycles. The lowest BCUT2D eigenvalue weighted by atomic mass is 10.2. The topological polar surface area (TPSA) is 61.6 Å². The van der Waals surface area contributed by atoms with Gasteiger partial charge in [0.1, 0.15) is 29.2 Å². The van der Waals surface area contributed by atoms with E-state index in [4.69, 9.17) is 5.26 Å². The van der Waals surface area contributed by atoms with Gasteiger partial charge in [0, 0.05) is 19.2 Å². The van der Waals surface area contributed by atoms with E-state index < -0.39 is 11.6 Å². The number of anilines is 1. The van der Waals surface area contributed by atoms with Crippen LogP contribution in [0.3, 0.4) is 0 Å². The second-order valence-corrected chi connectivity index (χ2v) is 3.45. The van der Waals surface area contributed by atoms with Gasteiger partial charge in [-0.15, -0.1) is 0 Å². The summed E-state index contributed by atoms with van der Waals surface area (Å²) in [5.41, 5.74) is 0.151. The Hall–Kier alpha value is -2.55. The highest BCUT2D eigenvalue weighted by Gasteiger charge is 2.11. The normalized spacial score (nSPS) is 9.89. The van der Waals surface area contributed by atoms with E-state index in [1.165, 1.54) is 12.1 Å². The van der Waals surface area contributed by atoms with Crippen LogP contribution in [0.15, 0.2) is 24.3 Å². The van der Waals surface area contributed by atoms with Crippen LogP contribution < -0.4 is 5.32 Å². The minimum atomic E-state index is -0.771. The monoisotopic (exact) mass is 246 g/mol. The van der Waals surface area contributed by atoms with Crippen molar-refractivity contribution in [2.75, 3.05) is 12.4 Å². The van der Waals surface area contributed by atoms with Crippen LogP contribution >= 0.6 is 0 Å². The van der Waals surface area contributed by atoms with Crippen molar-refractivity contribution in [2.24, 2.45) is 0 Å². The molecule has 2 aromatic rings. The van der Waals surface area contributed by atoms with Crippen molar-refractivity contribution in [3.05, 3.63) is 41.6 Å². The van der Waals surface area contributed by atoms with E-state index in [0.29, 0.717) is 5.82 Å². The molecule has 0 amide bonds. The summed E-state index contributed by atoms with van der Waals surface area (Å²) in [7, 11) is 1.62. The Morgan fingerprint density at radius 2 is 2.00 bits per heavy atom. The molecule has 1 N–H and O–H groups in total. The molecule has 2 rings (SSSR count). The first kappa shape index (κ1) is 11.9. The van der Waals surface area contributed by atoms with Gasteiger partial charge in [0.25, 0.3) is 0 Å². The Morgan fingerprint density at radius 3 is 2.61 bits per heavy atom. The third-order valence-electron chi connectivity index (χ3n) is 2.27. The molecule has 1 aromatic carbocycles. The van der Waals surface area contributed by atoms with Gasteiger partial charge >= 0.3 is 0 Å². The average molecular weight is 246 g/mol. The molecule has 0 fully saturated rings. The number of benzene rings is 1. The average Bonchev–Trinajstić information content (AvgIpc) is 2.38. The Bertz CT molecular complexity index is 634. The predicted molar refractivity (Wildman–Crippen MR) is 61.6 cm³/mol. The van der Waals surface area contributed by atoms with E-state index in [9.17, 15) is 8.78 Å². The molecule has 0 spiro atoms. The van der Waals surface area contributed by atoms with Crippen molar-refractivity contribution in [1.82, 2.24) is 9.97 Å². The number of rotatable bonds is 2. The first-order valence-corrected chi connectivity index (χ1v) is 5.06. The molecule has 0 unspecified atom stereocenters. The fourth-order valence-corrected chi connectivity index (χ4v) is 1.42. The minimum Gasteiger partial charge on any atom is -0.373 e. The van der Waals surface area contributed by atoms with Crippen molar-refractivity contribution < 1.29 is 8.78 Å². The Balaban J connectivity index is 2.60. The number of hydrogen-bond donors (Lipinski definition) is 1. The summed E-state index contributed by atoms with van der Waals surface area (Å²) in [5.74, 6) is -1.02. The number of halogens is 2. The zero-order valence-electron chi connectivity index (χ0n) is 9.41. The summed E-state index contributed by atoms with van der Waals surface area (Å²) >= 11 is 0. The van der Waals surface area contributed by atoms with Gasteiger partial charge in [-0.3, -0.25) is 0 Å². The van der Waals surface area contributed by atoms with Gasteiger partial charge in [-0.25, -0.2) is 18.7 Å².